The minimum atomic E-state index is -0.223. The van der Waals surface area contributed by atoms with Crippen LogP contribution < -0.4 is 15.5 Å². The molecule has 1 aliphatic heterocycles. The number of furan rings is 1. The summed E-state index contributed by atoms with van der Waals surface area (Å²) >= 11 is 0. The first-order valence-corrected chi connectivity index (χ1v) is 8.68. The van der Waals surface area contributed by atoms with Crippen molar-refractivity contribution >= 4 is 17.5 Å². The molecular formula is C18H24N4O3. The summed E-state index contributed by atoms with van der Waals surface area (Å²) in [6.45, 7) is 3.53. The number of nitrogens with one attached hydrogen (secondary N) is 2. The molecule has 2 amide bonds. The first kappa shape index (κ1) is 17.3. The molecular weight excluding hydrogens is 320 g/mol. The van der Waals surface area contributed by atoms with Gasteiger partial charge in [-0.2, -0.15) is 0 Å². The molecule has 2 N–H and O–H groups in total. The average Bonchev–Trinajstić information content (AvgIpc) is 3.32. The van der Waals surface area contributed by atoms with Gasteiger partial charge in [0, 0.05) is 32.4 Å². The lowest BCUT2D eigenvalue weighted by atomic mass is 10.3. The Morgan fingerprint density at radius 3 is 2.96 bits per heavy atom. The Morgan fingerprint density at radius 2 is 2.16 bits per heavy atom. The molecule has 3 rings (SSSR count). The van der Waals surface area contributed by atoms with Crippen LogP contribution in [0.3, 0.4) is 0 Å². The molecule has 0 atom stereocenters. The molecule has 7 nitrogen and oxygen atoms in total. The maximum Gasteiger partial charge on any atom is 0.319 e. The van der Waals surface area contributed by atoms with Gasteiger partial charge in [-0.25, -0.2) is 9.78 Å². The van der Waals surface area contributed by atoms with E-state index in [0.717, 1.165) is 36.8 Å². The molecule has 1 fully saturated rings. The molecule has 0 aliphatic carbocycles. The van der Waals surface area contributed by atoms with Gasteiger partial charge in [0.1, 0.15) is 12.4 Å². The summed E-state index contributed by atoms with van der Waals surface area (Å²) in [5.74, 6) is 1.65. The van der Waals surface area contributed by atoms with Crippen molar-refractivity contribution in [2.45, 2.75) is 25.9 Å². The van der Waals surface area contributed by atoms with Crippen LogP contribution in [0.4, 0.5) is 16.3 Å². The highest BCUT2D eigenvalue weighted by Crippen LogP contribution is 2.25. The number of hydrogen-bond donors (Lipinski definition) is 2. The Hall–Kier alpha value is -2.54. The van der Waals surface area contributed by atoms with Gasteiger partial charge in [0.05, 0.1) is 12.0 Å². The van der Waals surface area contributed by atoms with E-state index >= 15 is 0 Å². The highest BCUT2D eigenvalue weighted by atomic mass is 16.5. The Bertz CT molecular complexity index is 654. The largest absolute Gasteiger partial charge is 0.467 e. The van der Waals surface area contributed by atoms with Crippen molar-refractivity contribution in [2.75, 3.05) is 36.5 Å². The van der Waals surface area contributed by atoms with E-state index < -0.39 is 0 Å². The predicted octanol–water partition coefficient (Wildman–Crippen LogP) is 3.00. The molecule has 0 unspecified atom stereocenters. The monoisotopic (exact) mass is 344 g/mol. The fraction of sp³-hybridized carbons (Fsp3) is 0.444. The second-order valence-electron chi connectivity index (χ2n) is 5.94. The Kier molecular flexibility index (Phi) is 6.28. The maximum absolute atomic E-state index is 12.1. The summed E-state index contributed by atoms with van der Waals surface area (Å²) in [5.41, 5.74) is 0.746. The topological polar surface area (TPSA) is 79.6 Å². The van der Waals surface area contributed by atoms with Gasteiger partial charge in [-0.05, 0) is 43.5 Å². The molecule has 0 spiro atoms. The fourth-order valence-electron chi connectivity index (χ4n) is 2.79. The normalized spacial score (nSPS) is 13.8. The molecule has 2 aromatic rings. The van der Waals surface area contributed by atoms with Gasteiger partial charge in [0.25, 0.3) is 0 Å². The van der Waals surface area contributed by atoms with Crippen molar-refractivity contribution in [3.63, 3.8) is 0 Å². The second-order valence-corrected chi connectivity index (χ2v) is 5.94. The zero-order chi connectivity index (χ0) is 17.3. The van der Waals surface area contributed by atoms with Crippen LogP contribution in [0.5, 0.6) is 0 Å². The van der Waals surface area contributed by atoms with Gasteiger partial charge in [0.15, 0.2) is 5.82 Å². The number of carbonyl (C=O) groups excluding carboxylic acids is 1. The third-order valence-electron chi connectivity index (χ3n) is 4.02. The van der Waals surface area contributed by atoms with Crippen molar-refractivity contribution < 1.29 is 13.9 Å². The second kappa shape index (κ2) is 9.08. The van der Waals surface area contributed by atoms with Gasteiger partial charge < -0.3 is 24.7 Å². The van der Waals surface area contributed by atoms with Crippen LogP contribution >= 0.6 is 0 Å². The maximum atomic E-state index is 12.1. The Balaban J connectivity index is 1.36. The van der Waals surface area contributed by atoms with Crippen LogP contribution in [-0.4, -0.2) is 37.3 Å². The summed E-state index contributed by atoms with van der Waals surface area (Å²) < 4.78 is 10.7. The lowest BCUT2D eigenvalue weighted by Crippen LogP contribution is -2.31. The fourth-order valence-corrected chi connectivity index (χ4v) is 2.79. The number of carbonyl (C=O) groups is 1. The number of nitrogens with zero attached hydrogens (tertiary/aromatic N) is 2. The number of urea groups is 1. The molecule has 0 saturated carbocycles. The van der Waals surface area contributed by atoms with Crippen LogP contribution in [0.25, 0.3) is 0 Å². The number of rotatable bonds is 8. The lowest BCUT2D eigenvalue weighted by Gasteiger charge is -2.20. The number of hydrogen-bond acceptors (Lipinski definition) is 5. The predicted molar refractivity (Wildman–Crippen MR) is 95.7 cm³/mol. The summed E-state index contributed by atoms with van der Waals surface area (Å²) in [7, 11) is 0. The van der Waals surface area contributed by atoms with E-state index in [9.17, 15) is 4.79 Å². The highest BCUT2D eigenvalue weighted by molar-refractivity contribution is 5.92. The number of amides is 2. The van der Waals surface area contributed by atoms with Gasteiger partial charge >= 0.3 is 6.03 Å². The zero-order valence-electron chi connectivity index (χ0n) is 14.2. The first-order valence-electron chi connectivity index (χ1n) is 8.68. The smallest absolute Gasteiger partial charge is 0.319 e. The standard InChI is InChI=1S/C18H24N4O3/c23-18(20-9-5-12-24-14-15-6-4-13-25-15)21-16-7-3-8-19-17(16)22-10-1-2-11-22/h3-4,6-8,13H,1-2,5,9-12,14H2,(H2,20,21,23). The van der Waals surface area contributed by atoms with Gasteiger partial charge in [0.2, 0.25) is 0 Å². The molecule has 7 heteroatoms. The summed E-state index contributed by atoms with van der Waals surface area (Å²) in [5, 5.41) is 5.73. The van der Waals surface area contributed by atoms with E-state index in [0.29, 0.717) is 19.8 Å². The molecule has 2 aromatic heterocycles. The lowest BCUT2D eigenvalue weighted by molar-refractivity contribution is 0.104. The summed E-state index contributed by atoms with van der Waals surface area (Å²) in [6.07, 6.45) is 6.45. The van der Waals surface area contributed by atoms with E-state index in [4.69, 9.17) is 9.15 Å². The van der Waals surface area contributed by atoms with E-state index in [1.807, 2.05) is 24.3 Å². The van der Waals surface area contributed by atoms with Gasteiger partial charge in [-0.15, -0.1) is 0 Å². The van der Waals surface area contributed by atoms with Gasteiger partial charge in [-0.1, -0.05) is 0 Å². The molecule has 0 bridgehead atoms. The molecule has 0 aromatic carbocycles. The van der Waals surface area contributed by atoms with Crippen LogP contribution in [0, 0.1) is 0 Å². The molecule has 1 saturated heterocycles. The van der Waals surface area contributed by atoms with Crippen LogP contribution in [0.1, 0.15) is 25.0 Å². The van der Waals surface area contributed by atoms with Crippen molar-refractivity contribution in [2.24, 2.45) is 0 Å². The highest BCUT2D eigenvalue weighted by Gasteiger charge is 2.17. The minimum Gasteiger partial charge on any atom is -0.467 e. The minimum absolute atomic E-state index is 0.223. The van der Waals surface area contributed by atoms with Crippen molar-refractivity contribution in [3.05, 3.63) is 42.5 Å². The van der Waals surface area contributed by atoms with E-state index in [1.165, 1.54) is 12.8 Å². The Morgan fingerprint density at radius 1 is 1.28 bits per heavy atom. The summed E-state index contributed by atoms with van der Waals surface area (Å²) in [4.78, 5) is 18.7. The number of ether oxygens (including phenoxy) is 1. The SMILES string of the molecule is O=C(NCCCOCc1ccco1)Nc1cccnc1N1CCCC1. The molecule has 3 heterocycles. The zero-order valence-corrected chi connectivity index (χ0v) is 14.2. The number of anilines is 2. The van der Waals surface area contributed by atoms with Gasteiger partial charge in [-0.3, -0.25) is 0 Å². The molecule has 134 valence electrons. The average molecular weight is 344 g/mol. The third kappa shape index (κ3) is 5.22. The van der Waals surface area contributed by atoms with Crippen molar-refractivity contribution in [1.82, 2.24) is 10.3 Å². The third-order valence-corrected chi connectivity index (χ3v) is 4.02. The van der Waals surface area contributed by atoms with E-state index in [-0.39, 0.29) is 6.03 Å². The number of aromatic nitrogens is 1. The van der Waals surface area contributed by atoms with E-state index in [2.05, 4.69) is 20.5 Å². The number of pyridine rings is 1. The van der Waals surface area contributed by atoms with Crippen LogP contribution in [-0.2, 0) is 11.3 Å². The molecule has 25 heavy (non-hydrogen) atoms. The van der Waals surface area contributed by atoms with Crippen LogP contribution in [0.15, 0.2) is 41.1 Å². The van der Waals surface area contributed by atoms with E-state index in [1.54, 1.807) is 12.5 Å². The quantitative estimate of drug-likeness (QED) is 0.720. The first-order chi connectivity index (χ1) is 12.3. The van der Waals surface area contributed by atoms with Crippen molar-refractivity contribution in [1.29, 1.82) is 0 Å². The molecule has 0 radical (unpaired) electrons. The van der Waals surface area contributed by atoms with Crippen molar-refractivity contribution in [3.8, 4) is 0 Å². The van der Waals surface area contributed by atoms with Crippen LogP contribution in [0.2, 0.25) is 0 Å². The summed E-state index contributed by atoms with van der Waals surface area (Å²) in [6, 6.07) is 7.20. The molecule has 1 aliphatic rings. The Labute approximate surface area is 147 Å².